The van der Waals surface area contributed by atoms with Crippen LogP contribution in [0.25, 0.3) is 0 Å². The lowest BCUT2D eigenvalue weighted by Gasteiger charge is -2.29. The van der Waals surface area contributed by atoms with Gasteiger partial charge in [-0.15, -0.1) is 0 Å². The Morgan fingerprint density at radius 1 is 1.62 bits per heavy atom. The van der Waals surface area contributed by atoms with Crippen LogP contribution in [0.1, 0.15) is 25.7 Å². The smallest absolute Gasteiger partial charge is 0.128 e. The van der Waals surface area contributed by atoms with Gasteiger partial charge in [0.2, 0.25) is 0 Å². The SMILES string of the molecule is CSCCC1(C=O)CC2CCC1O2. The monoisotopic (exact) mass is 200 g/mol. The summed E-state index contributed by atoms with van der Waals surface area (Å²) in [6.07, 6.45) is 8.11. The normalized spacial score (nSPS) is 42.5. The van der Waals surface area contributed by atoms with Gasteiger partial charge in [-0.25, -0.2) is 0 Å². The van der Waals surface area contributed by atoms with Gasteiger partial charge >= 0.3 is 0 Å². The molecule has 2 aliphatic rings. The van der Waals surface area contributed by atoms with Crippen LogP contribution < -0.4 is 0 Å². The number of carbonyl (C=O) groups excluding carboxylic acids is 1. The molecule has 0 aromatic rings. The summed E-state index contributed by atoms with van der Waals surface area (Å²) in [7, 11) is 0. The molecule has 2 rings (SSSR count). The van der Waals surface area contributed by atoms with Gasteiger partial charge < -0.3 is 9.53 Å². The minimum atomic E-state index is -0.119. The average Bonchev–Trinajstić information content (AvgIpc) is 2.74. The molecule has 2 fully saturated rings. The molecule has 3 heteroatoms. The first-order chi connectivity index (χ1) is 6.30. The maximum absolute atomic E-state index is 11.1. The Bertz CT molecular complexity index is 207. The lowest BCUT2D eigenvalue weighted by molar-refractivity contribution is -0.119. The standard InChI is InChI=1S/C10H16O2S/c1-13-5-4-10(7-11)6-8-2-3-9(10)12-8/h7-9H,2-6H2,1H3. The van der Waals surface area contributed by atoms with Crippen molar-refractivity contribution in [2.24, 2.45) is 5.41 Å². The van der Waals surface area contributed by atoms with Crippen LogP contribution in [0.3, 0.4) is 0 Å². The summed E-state index contributed by atoms with van der Waals surface area (Å²) in [4.78, 5) is 11.1. The van der Waals surface area contributed by atoms with Gasteiger partial charge in [-0.1, -0.05) is 0 Å². The lowest BCUT2D eigenvalue weighted by atomic mass is 9.73. The average molecular weight is 200 g/mol. The van der Waals surface area contributed by atoms with Gasteiger partial charge in [0.1, 0.15) is 6.29 Å². The van der Waals surface area contributed by atoms with Crippen molar-refractivity contribution in [3.8, 4) is 0 Å². The van der Waals surface area contributed by atoms with Gasteiger partial charge in [0.15, 0.2) is 0 Å². The fraction of sp³-hybridized carbons (Fsp3) is 0.900. The highest BCUT2D eigenvalue weighted by atomic mass is 32.2. The van der Waals surface area contributed by atoms with Crippen molar-refractivity contribution < 1.29 is 9.53 Å². The third-order valence-electron chi connectivity index (χ3n) is 3.36. The Labute approximate surface area is 83.4 Å². The first-order valence-corrected chi connectivity index (χ1v) is 6.31. The van der Waals surface area contributed by atoms with Gasteiger partial charge in [0, 0.05) is 0 Å². The highest BCUT2D eigenvalue weighted by molar-refractivity contribution is 7.98. The van der Waals surface area contributed by atoms with E-state index in [2.05, 4.69) is 6.26 Å². The van der Waals surface area contributed by atoms with Crippen LogP contribution >= 0.6 is 11.8 Å². The minimum Gasteiger partial charge on any atom is -0.374 e. The van der Waals surface area contributed by atoms with E-state index in [1.54, 1.807) is 0 Å². The van der Waals surface area contributed by atoms with E-state index >= 15 is 0 Å². The van der Waals surface area contributed by atoms with Crippen LogP contribution in [0, 0.1) is 5.41 Å². The maximum atomic E-state index is 11.1. The molecular weight excluding hydrogens is 184 g/mol. The van der Waals surface area contributed by atoms with E-state index in [1.807, 2.05) is 11.8 Å². The second-order valence-electron chi connectivity index (χ2n) is 4.12. The van der Waals surface area contributed by atoms with Crippen LogP contribution in [0.5, 0.6) is 0 Å². The van der Waals surface area contributed by atoms with Gasteiger partial charge in [0.05, 0.1) is 17.6 Å². The number of aldehydes is 1. The Kier molecular flexibility index (Phi) is 2.65. The third-order valence-corrected chi connectivity index (χ3v) is 3.98. The summed E-state index contributed by atoms with van der Waals surface area (Å²) in [6.45, 7) is 0. The van der Waals surface area contributed by atoms with E-state index < -0.39 is 0 Å². The quantitative estimate of drug-likeness (QED) is 0.648. The van der Waals surface area contributed by atoms with E-state index in [0.29, 0.717) is 6.10 Å². The summed E-state index contributed by atoms with van der Waals surface area (Å²) in [5.41, 5.74) is -0.119. The largest absolute Gasteiger partial charge is 0.374 e. The maximum Gasteiger partial charge on any atom is 0.128 e. The number of hydrogen-bond acceptors (Lipinski definition) is 3. The molecular formula is C10H16O2S. The summed E-state index contributed by atoms with van der Waals surface area (Å²) < 4.78 is 5.74. The second-order valence-corrected chi connectivity index (χ2v) is 5.11. The van der Waals surface area contributed by atoms with E-state index in [0.717, 1.165) is 31.3 Å². The van der Waals surface area contributed by atoms with E-state index in [4.69, 9.17) is 4.74 Å². The Balaban J connectivity index is 2.03. The molecule has 3 atom stereocenters. The van der Waals surface area contributed by atoms with Crippen LogP contribution in [-0.4, -0.2) is 30.5 Å². The molecule has 2 heterocycles. The molecule has 2 aliphatic heterocycles. The molecule has 2 bridgehead atoms. The fourth-order valence-electron chi connectivity index (χ4n) is 2.57. The van der Waals surface area contributed by atoms with Crippen LogP contribution in [0.15, 0.2) is 0 Å². The summed E-state index contributed by atoms with van der Waals surface area (Å²) in [6, 6.07) is 0. The summed E-state index contributed by atoms with van der Waals surface area (Å²) in [5.74, 6) is 1.07. The van der Waals surface area contributed by atoms with Crippen LogP contribution in [0.2, 0.25) is 0 Å². The molecule has 0 N–H and O–H groups in total. The first-order valence-electron chi connectivity index (χ1n) is 4.91. The predicted octanol–water partition coefficient (Wildman–Crippen LogP) is 1.88. The molecule has 0 spiro atoms. The van der Waals surface area contributed by atoms with Crippen molar-refractivity contribution in [3.05, 3.63) is 0 Å². The van der Waals surface area contributed by atoms with Crippen molar-refractivity contribution >= 4 is 18.0 Å². The van der Waals surface area contributed by atoms with Crippen LogP contribution in [-0.2, 0) is 9.53 Å². The molecule has 0 aromatic heterocycles. The number of hydrogen-bond donors (Lipinski definition) is 0. The van der Waals surface area contributed by atoms with Crippen molar-refractivity contribution in [2.75, 3.05) is 12.0 Å². The number of carbonyl (C=O) groups is 1. The van der Waals surface area contributed by atoms with Crippen molar-refractivity contribution in [3.63, 3.8) is 0 Å². The summed E-state index contributed by atoms with van der Waals surface area (Å²) in [5, 5.41) is 0. The van der Waals surface area contributed by atoms with E-state index in [1.165, 1.54) is 6.42 Å². The molecule has 13 heavy (non-hydrogen) atoms. The fourth-order valence-corrected chi connectivity index (χ4v) is 3.16. The van der Waals surface area contributed by atoms with Gasteiger partial charge in [-0.3, -0.25) is 0 Å². The molecule has 0 aliphatic carbocycles. The molecule has 0 radical (unpaired) electrons. The predicted molar refractivity (Wildman–Crippen MR) is 54.0 cm³/mol. The molecule has 0 saturated carbocycles. The molecule has 3 unspecified atom stereocenters. The zero-order valence-electron chi connectivity index (χ0n) is 7.99. The molecule has 74 valence electrons. The highest BCUT2D eigenvalue weighted by Crippen LogP contribution is 2.48. The summed E-state index contributed by atoms with van der Waals surface area (Å²) >= 11 is 1.82. The van der Waals surface area contributed by atoms with Gasteiger partial charge in [0.25, 0.3) is 0 Å². The Morgan fingerprint density at radius 2 is 2.46 bits per heavy atom. The van der Waals surface area contributed by atoms with Crippen molar-refractivity contribution in [1.29, 1.82) is 0 Å². The highest BCUT2D eigenvalue weighted by Gasteiger charge is 2.51. The second kappa shape index (κ2) is 3.62. The van der Waals surface area contributed by atoms with E-state index in [-0.39, 0.29) is 11.5 Å². The first kappa shape index (κ1) is 9.53. The number of ether oxygens (including phenoxy) is 1. The molecule has 0 aromatic carbocycles. The van der Waals surface area contributed by atoms with Gasteiger partial charge in [-0.2, -0.15) is 11.8 Å². The number of fused-ring (bicyclic) bond motifs is 2. The zero-order chi connectivity index (χ0) is 9.31. The van der Waals surface area contributed by atoms with Crippen LogP contribution in [0.4, 0.5) is 0 Å². The topological polar surface area (TPSA) is 26.3 Å². The third kappa shape index (κ3) is 1.52. The van der Waals surface area contributed by atoms with E-state index in [9.17, 15) is 4.79 Å². The van der Waals surface area contributed by atoms with Crippen molar-refractivity contribution in [2.45, 2.75) is 37.9 Å². The molecule has 2 saturated heterocycles. The molecule has 0 amide bonds. The number of rotatable bonds is 4. The van der Waals surface area contributed by atoms with Gasteiger partial charge in [-0.05, 0) is 37.7 Å². The Morgan fingerprint density at radius 3 is 2.92 bits per heavy atom. The minimum absolute atomic E-state index is 0.119. The number of thioether (sulfide) groups is 1. The van der Waals surface area contributed by atoms with Crippen molar-refractivity contribution in [1.82, 2.24) is 0 Å². The lowest BCUT2D eigenvalue weighted by Crippen LogP contribution is -2.34. The Hall–Kier alpha value is -0.0200. The molecule has 2 nitrogen and oxygen atoms in total. The zero-order valence-corrected chi connectivity index (χ0v) is 8.81.